The molecule has 2 N–H and O–H groups in total. The van der Waals surface area contributed by atoms with Crippen molar-refractivity contribution in [1.82, 2.24) is 19.4 Å². The first-order chi connectivity index (χ1) is 19.2. The molecule has 3 aliphatic rings. The SMILES string of the molecule is CNc1cc(Cl)cc2c1Cc1ncc(-c3cnc4c(c3)c(=O)c(C(=O)O)cn4C)c(N3CC[C@H]4CN(C)CC43)c1-2. The minimum Gasteiger partial charge on any atom is -0.477 e. The van der Waals surface area contributed by atoms with Crippen molar-refractivity contribution in [2.75, 3.05) is 43.9 Å². The molecule has 1 aliphatic carbocycles. The van der Waals surface area contributed by atoms with Crippen molar-refractivity contribution in [2.45, 2.75) is 18.9 Å². The van der Waals surface area contributed by atoms with Crippen LogP contribution in [0.5, 0.6) is 0 Å². The number of likely N-dealkylation sites (tertiary alicyclic amines) is 1. The number of aromatic carboxylic acids is 1. The Morgan fingerprint density at radius 2 is 1.95 bits per heavy atom. The molecule has 4 aromatic rings. The fourth-order valence-electron chi connectivity index (χ4n) is 7.02. The highest BCUT2D eigenvalue weighted by Gasteiger charge is 2.43. The highest BCUT2D eigenvalue weighted by atomic mass is 35.5. The summed E-state index contributed by atoms with van der Waals surface area (Å²) < 4.78 is 1.59. The van der Waals surface area contributed by atoms with E-state index in [2.05, 4.69) is 27.1 Å². The second-order valence-corrected chi connectivity index (χ2v) is 11.6. The van der Waals surface area contributed by atoms with Crippen LogP contribution in [0, 0.1) is 5.92 Å². The van der Waals surface area contributed by atoms with E-state index in [0.717, 1.165) is 65.4 Å². The number of fused-ring (bicyclic) bond motifs is 5. The second kappa shape index (κ2) is 9.04. The van der Waals surface area contributed by atoms with E-state index < -0.39 is 11.4 Å². The maximum absolute atomic E-state index is 13.2. The Balaban J connectivity index is 1.50. The first-order valence-electron chi connectivity index (χ1n) is 13.5. The van der Waals surface area contributed by atoms with Crippen LogP contribution in [0.3, 0.4) is 0 Å². The summed E-state index contributed by atoms with van der Waals surface area (Å²) >= 11 is 6.61. The molecule has 5 heterocycles. The molecule has 2 aliphatic heterocycles. The molecule has 2 atom stereocenters. The second-order valence-electron chi connectivity index (χ2n) is 11.2. The summed E-state index contributed by atoms with van der Waals surface area (Å²) in [7, 11) is 5.77. The molecule has 0 bridgehead atoms. The minimum atomic E-state index is -1.25. The number of benzene rings is 1. The lowest BCUT2D eigenvalue weighted by molar-refractivity contribution is 0.0695. The van der Waals surface area contributed by atoms with Gasteiger partial charge < -0.3 is 24.8 Å². The number of likely N-dealkylation sites (N-methyl/N-ethyl adjacent to an activating group) is 1. The van der Waals surface area contributed by atoms with E-state index in [0.29, 0.717) is 29.1 Å². The molecule has 7 rings (SSSR count). The van der Waals surface area contributed by atoms with Gasteiger partial charge in [0.15, 0.2) is 0 Å². The molecule has 9 nitrogen and oxygen atoms in total. The highest BCUT2D eigenvalue weighted by Crippen LogP contribution is 2.51. The zero-order valence-electron chi connectivity index (χ0n) is 22.5. The van der Waals surface area contributed by atoms with Gasteiger partial charge in [-0.15, -0.1) is 0 Å². The molecule has 1 aromatic carbocycles. The molecule has 0 radical (unpaired) electrons. The normalized spacial score (nSPS) is 19.6. The van der Waals surface area contributed by atoms with Gasteiger partial charge in [-0.1, -0.05) is 11.6 Å². The number of carboxylic acid groups (broad SMARTS) is 1. The number of carboxylic acids is 1. The molecular formula is C30H29ClN6O3. The molecule has 3 aromatic heterocycles. The van der Waals surface area contributed by atoms with Crippen LogP contribution < -0.4 is 15.6 Å². The topological polar surface area (TPSA) is 104 Å². The van der Waals surface area contributed by atoms with Crippen LogP contribution in [0.25, 0.3) is 33.3 Å². The van der Waals surface area contributed by atoms with Gasteiger partial charge in [0, 0.05) is 92.2 Å². The largest absolute Gasteiger partial charge is 0.477 e. The molecule has 40 heavy (non-hydrogen) atoms. The van der Waals surface area contributed by atoms with E-state index in [-0.39, 0.29) is 10.9 Å². The third-order valence-electron chi connectivity index (χ3n) is 8.80. The lowest BCUT2D eigenvalue weighted by atomic mass is 9.96. The number of nitrogens with zero attached hydrogens (tertiary/aromatic N) is 5. The van der Waals surface area contributed by atoms with Crippen LogP contribution in [0.2, 0.25) is 5.02 Å². The van der Waals surface area contributed by atoms with Crippen LogP contribution in [-0.2, 0) is 13.5 Å². The van der Waals surface area contributed by atoms with E-state index in [1.54, 1.807) is 23.9 Å². The van der Waals surface area contributed by atoms with Gasteiger partial charge in [0.25, 0.3) is 0 Å². The average Bonchev–Trinajstić information content (AvgIpc) is 3.61. The number of rotatable bonds is 4. The summed E-state index contributed by atoms with van der Waals surface area (Å²) in [5, 5.41) is 13.9. The molecule has 10 heteroatoms. The Morgan fingerprint density at radius 1 is 1.12 bits per heavy atom. The van der Waals surface area contributed by atoms with Crippen molar-refractivity contribution in [2.24, 2.45) is 13.0 Å². The van der Waals surface area contributed by atoms with E-state index in [1.807, 2.05) is 25.4 Å². The number of carbonyl (C=O) groups is 1. The Hall–Kier alpha value is -3.95. The number of hydrogen-bond acceptors (Lipinski definition) is 7. The van der Waals surface area contributed by atoms with Crippen LogP contribution >= 0.6 is 11.6 Å². The third kappa shape index (κ3) is 3.64. The molecule has 2 fully saturated rings. The Kier molecular flexibility index (Phi) is 5.66. The van der Waals surface area contributed by atoms with Crippen molar-refractivity contribution >= 4 is 40.0 Å². The quantitative estimate of drug-likeness (QED) is 0.341. The Morgan fingerprint density at radius 3 is 2.73 bits per heavy atom. The number of aromatic nitrogens is 3. The van der Waals surface area contributed by atoms with Crippen LogP contribution in [0.1, 0.15) is 28.0 Å². The smallest absolute Gasteiger partial charge is 0.341 e. The number of pyridine rings is 3. The van der Waals surface area contributed by atoms with Crippen LogP contribution in [0.15, 0.2) is 41.6 Å². The van der Waals surface area contributed by atoms with Gasteiger partial charge in [-0.25, -0.2) is 9.78 Å². The Bertz CT molecular complexity index is 1800. The molecular weight excluding hydrogens is 528 g/mol. The fraction of sp³-hybridized carbons (Fsp3) is 0.333. The van der Waals surface area contributed by atoms with Crippen molar-refractivity contribution in [3.8, 4) is 22.3 Å². The first-order valence-corrected chi connectivity index (χ1v) is 13.8. The predicted molar refractivity (Wildman–Crippen MR) is 157 cm³/mol. The zero-order chi connectivity index (χ0) is 27.9. The lowest BCUT2D eigenvalue weighted by Gasteiger charge is -2.31. The summed E-state index contributed by atoms with van der Waals surface area (Å²) in [4.78, 5) is 39.5. The third-order valence-corrected chi connectivity index (χ3v) is 9.02. The maximum Gasteiger partial charge on any atom is 0.341 e. The van der Waals surface area contributed by atoms with Crippen molar-refractivity contribution in [3.05, 3.63) is 68.9 Å². The molecule has 204 valence electrons. The van der Waals surface area contributed by atoms with E-state index in [4.69, 9.17) is 16.6 Å². The van der Waals surface area contributed by atoms with E-state index >= 15 is 0 Å². The van der Waals surface area contributed by atoms with Gasteiger partial charge in [0.1, 0.15) is 11.2 Å². The van der Waals surface area contributed by atoms with Gasteiger partial charge >= 0.3 is 5.97 Å². The number of nitrogens with one attached hydrogen (secondary N) is 1. The van der Waals surface area contributed by atoms with Crippen LogP contribution in [0.4, 0.5) is 11.4 Å². The number of hydrogen-bond donors (Lipinski definition) is 2. The average molecular weight is 557 g/mol. The van der Waals surface area contributed by atoms with Gasteiger partial charge in [0.2, 0.25) is 5.43 Å². The summed E-state index contributed by atoms with van der Waals surface area (Å²) in [5.41, 5.74) is 7.63. The summed E-state index contributed by atoms with van der Waals surface area (Å²) in [6.07, 6.45) is 6.78. The number of aryl methyl sites for hydroxylation is 1. The lowest BCUT2D eigenvalue weighted by Crippen LogP contribution is -2.35. The predicted octanol–water partition coefficient (Wildman–Crippen LogP) is 4.10. The summed E-state index contributed by atoms with van der Waals surface area (Å²) in [5.74, 6) is -0.676. The molecule has 0 amide bonds. The summed E-state index contributed by atoms with van der Waals surface area (Å²) in [6.45, 7) is 2.97. The van der Waals surface area contributed by atoms with E-state index in [1.165, 1.54) is 11.8 Å². The highest BCUT2D eigenvalue weighted by molar-refractivity contribution is 6.31. The number of halogens is 1. The first kappa shape index (κ1) is 25.0. The molecule has 0 spiro atoms. The number of anilines is 2. The van der Waals surface area contributed by atoms with Crippen molar-refractivity contribution in [1.29, 1.82) is 0 Å². The zero-order valence-corrected chi connectivity index (χ0v) is 23.3. The van der Waals surface area contributed by atoms with Crippen molar-refractivity contribution < 1.29 is 9.90 Å². The van der Waals surface area contributed by atoms with E-state index in [9.17, 15) is 14.7 Å². The maximum atomic E-state index is 13.2. The van der Waals surface area contributed by atoms with Gasteiger partial charge in [-0.2, -0.15) is 0 Å². The fourth-order valence-corrected chi connectivity index (χ4v) is 7.24. The molecule has 0 saturated carbocycles. The molecule has 1 unspecified atom stereocenters. The monoisotopic (exact) mass is 556 g/mol. The van der Waals surface area contributed by atoms with Gasteiger partial charge in [0.05, 0.1) is 16.8 Å². The van der Waals surface area contributed by atoms with Crippen molar-refractivity contribution in [3.63, 3.8) is 0 Å². The van der Waals surface area contributed by atoms with Gasteiger partial charge in [-0.3, -0.25) is 9.78 Å². The Labute approximate surface area is 236 Å². The minimum absolute atomic E-state index is 0.271. The molecule has 2 saturated heterocycles. The van der Waals surface area contributed by atoms with Gasteiger partial charge in [-0.05, 0) is 48.7 Å². The van der Waals surface area contributed by atoms with Crippen LogP contribution in [-0.4, -0.2) is 70.3 Å². The standard InChI is InChI=1S/C30H29ClN6O3/c1-32-23-8-17(31)7-19-18(23)9-24-26(19)27(37-5-4-15-12-35(2)14-25(15)37)21(11-33-24)16-6-20-28(38)22(30(39)40)13-36(3)29(20)34-10-16/h6-8,10-11,13,15,25,32H,4-5,9,12,14H2,1-3H3,(H,39,40)/t15-,25?/m0/s1. The summed E-state index contributed by atoms with van der Waals surface area (Å²) in [6, 6.07) is 6.11.